The Morgan fingerprint density at radius 2 is 1.67 bits per heavy atom. The van der Waals surface area contributed by atoms with Gasteiger partial charge < -0.3 is 14.5 Å². The van der Waals surface area contributed by atoms with Crippen molar-refractivity contribution in [1.29, 1.82) is 0 Å². The molecule has 1 aromatic carbocycles. The first-order valence-corrected chi connectivity index (χ1v) is 12.1. The number of hydrogen-bond acceptors (Lipinski definition) is 4. The van der Waals surface area contributed by atoms with Gasteiger partial charge in [-0.15, -0.1) is 0 Å². The zero-order valence-corrected chi connectivity index (χ0v) is 20.0. The van der Waals surface area contributed by atoms with E-state index in [1.165, 1.54) is 11.0 Å². The van der Waals surface area contributed by atoms with E-state index in [2.05, 4.69) is 4.74 Å². The molecule has 0 aromatic heterocycles. The largest absolute Gasteiger partial charge is 0.437 e. The van der Waals surface area contributed by atoms with Crippen LogP contribution in [0.3, 0.4) is 0 Å². The van der Waals surface area contributed by atoms with Gasteiger partial charge in [0.2, 0.25) is 0 Å². The molecule has 202 valence electrons. The Morgan fingerprint density at radius 1 is 1.06 bits per heavy atom. The van der Waals surface area contributed by atoms with Gasteiger partial charge in [0.05, 0.1) is 5.56 Å². The number of nitrogens with zero attached hydrogens (tertiary/aromatic N) is 3. The summed E-state index contributed by atoms with van der Waals surface area (Å²) in [6.07, 6.45) is -11.7. The van der Waals surface area contributed by atoms with Crippen molar-refractivity contribution in [2.45, 2.75) is 63.8 Å². The number of piperidine rings is 2. The summed E-state index contributed by atoms with van der Waals surface area (Å²) < 4.78 is 97.6. The molecule has 0 bridgehead atoms. The van der Waals surface area contributed by atoms with Crippen molar-refractivity contribution < 1.29 is 40.3 Å². The van der Waals surface area contributed by atoms with Crippen LogP contribution in [0, 0.1) is 5.41 Å². The Morgan fingerprint density at radius 3 is 2.22 bits per heavy atom. The van der Waals surface area contributed by atoms with Crippen LogP contribution in [0.25, 0.3) is 0 Å². The Bertz CT molecular complexity index is 929. The van der Waals surface area contributed by atoms with E-state index < -0.39 is 36.3 Å². The number of alkyl halides is 7. The number of halogens is 7. The molecule has 3 fully saturated rings. The minimum Gasteiger partial charge on any atom is -0.437 e. The fourth-order valence-corrected chi connectivity index (χ4v) is 5.40. The van der Waals surface area contributed by atoms with E-state index in [9.17, 15) is 35.5 Å². The van der Waals surface area contributed by atoms with Crippen molar-refractivity contribution >= 4 is 11.8 Å². The van der Waals surface area contributed by atoms with E-state index in [4.69, 9.17) is 0 Å². The third-order valence-electron chi connectivity index (χ3n) is 7.54. The summed E-state index contributed by atoms with van der Waals surface area (Å²) in [6, 6.07) is 4.11. The highest BCUT2D eigenvalue weighted by Gasteiger charge is 2.47. The average Bonchev–Trinajstić information content (AvgIpc) is 2.78. The van der Waals surface area contributed by atoms with Crippen molar-refractivity contribution in [3.8, 4) is 0 Å². The van der Waals surface area contributed by atoms with Gasteiger partial charge in [-0.1, -0.05) is 6.07 Å². The minimum atomic E-state index is -4.63. The van der Waals surface area contributed by atoms with Crippen LogP contribution in [0.15, 0.2) is 18.2 Å². The lowest BCUT2D eigenvalue weighted by atomic mass is 9.72. The summed E-state index contributed by atoms with van der Waals surface area (Å²) in [5, 5.41) is 0. The van der Waals surface area contributed by atoms with Gasteiger partial charge in [0.1, 0.15) is 6.17 Å². The monoisotopic (exact) mass is 525 g/mol. The van der Waals surface area contributed by atoms with Gasteiger partial charge in [0.15, 0.2) is 6.10 Å². The van der Waals surface area contributed by atoms with Crippen LogP contribution in [0.5, 0.6) is 0 Å². The molecule has 1 unspecified atom stereocenters. The molecule has 5 nitrogen and oxygen atoms in total. The maximum Gasteiger partial charge on any atom is 0.425 e. The number of amides is 1. The highest BCUT2D eigenvalue weighted by Crippen LogP contribution is 2.44. The van der Waals surface area contributed by atoms with E-state index in [1.807, 2.05) is 9.80 Å². The fraction of sp³-hybridized carbons (Fsp3) is 0.708. The van der Waals surface area contributed by atoms with Crippen molar-refractivity contribution in [2.24, 2.45) is 5.41 Å². The Balaban J connectivity index is 1.38. The zero-order chi connectivity index (χ0) is 26.3. The molecule has 1 spiro atoms. The smallest absolute Gasteiger partial charge is 0.425 e. The quantitative estimate of drug-likeness (QED) is 0.478. The molecular weight excluding hydrogens is 495 g/mol. The number of benzene rings is 1. The highest BCUT2D eigenvalue weighted by atomic mass is 19.4. The molecule has 1 amide bonds. The van der Waals surface area contributed by atoms with Crippen molar-refractivity contribution in [1.82, 2.24) is 9.80 Å². The lowest BCUT2D eigenvalue weighted by Gasteiger charge is -2.54. The molecule has 0 radical (unpaired) electrons. The van der Waals surface area contributed by atoms with Gasteiger partial charge >= 0.3 is 18.4 Å². The van der Waals surface area contributed by atoms with Gasteiger partial charge in [-0.3, -0.25) is 4.90 Å². The highest BCUT2D eigenvalue weighted by molar-refractivity contribution is 5.68. The molecule has 0 N–H and O–H groups in total. The zero-order valence-electron chi connectivity index (χ0n) is 20.0. The molecule has 3 heterocycles. The van der Waals surface area contributed by atoms with Crippen molar-refractivity contribution in [2.75, 3.05) is 44.2 Å². The molecule has 1 aromatic rings. The van der Waals surface area contributed by atoms with Crippen LogP contribution in [0.4, 0.5) is 41.2 Å². The van der Waals surface area contributed by atoms with Crippen LogP contribution in [0.2, 0.25) is 0 Å². The Labute approximate surface area is 205 Å². The van der Waals surface area contributed by atoms with Crippen LogP contribution < -0.4 is 4.90 Å². The molecule has 3 aliphatic rings. The molecule has 0 aliphatic carbocycles. The van der Waals surface area contributed by atoms with E-state index >= 15 is 0 Å². The summed E-state index contributed by atoms with van der Waals surface area (Å²) >= 11 is 0. The average molecular weight is 526 g/mol. The molecule has 36 heavy (non-hydrogen) atoms. The standard InChI is InChI=1S/C24H30F7N3O2/c1-16(23(26,27)28)36-21(35)34-11-7-22(8-12-34)14-32(15-22)13-18-19(24(29,30)31)3-2-4-20(18)33-9-5-17(25)6-10-33/h2-4,16-17H,5-15H2,1H3. The summed E-state index contributed by atoms with van der Waals surface area (Å²) in [5.74, 6) is 0. The Kier molecular flexibility index (Phi) is 7.38. The molecule has 0 saturated carbocycles. The Hall–Kier alpha value is -2.24. The number of carbonyl (C=O) groups is 1. The number of anilines is 1. The fourth-order valence-electron chi connectivity index (χ4n) is 5.40. The molecule has 3 aliphatic heterocycles. The topological polar surface area (TPSA) is 36.0 Å². The van der Waals surface area contributed by atoms with Crippen LogP contribution >= 0.6 is 0 Å². The first kappa shape index (κ1) is 26.8. The number of carbonyl (C=O) groups excluding carboxylic acids is 1. The van der Waals surface area contributed by atoms with Gasteiger partial charge in [-0.05, 0) is 50.2 Å². The minimum absolute atomic E-state index is 0.0944. The first-order chi connectivity index (χ1) is 16.8. The third-order valence-corrected chi connectivity index (χ3v) is 7.54. The van der Waals surface area contributed by atoms with Gasteiger partial charge in [-0.25, -0.2) is 9.18 Å². The van der Waals surface area contributed by atoms with Crippen LogP contribution in [-0.2, 0) is 17.5 Å². The van der Waals surface area contributed by atoms with E-state index in [0.29, 0.717) is 44.7 Å². The van der Waals surface area contributed by atoms with E-state index in [1.54, 1.807) is 6.07 Å². The van der Waals surface area contributed by atoms with Crippen molar-refractivity contribution in [3.63, 3.8) is 0 Å². The molecule has 4 rings (SSSR count). The lowest BCUT2D eigenvalue weighted by Crippen LogP contribution is -2.60. The number of likely N-dealkylation sites (tertiary alicyclic amines) is 2. The number of ether oxygens (including phenoxy) is 1. The normalized spacial score (nSPS) is 22.4. The number of hydrogen-bond donors (Lipinski definition) is 0. The summed E-state index contributed by atoms with van der Waals surface area (Å²) in [4.78, 5) is 17.1. The summed E-state index contributed by atoms with van der Waals surface area (Å²) in [6.45, 7) is 3.13. The maximum atomic E-state index is 13.8. The maximum absolute atomic E-state index is 13.8. The molecule has 1 atom stereocenters. The van der Waals surface area contributed by atoms with Gasteiger partial charge in [0, 0.05) is 57.1 Å². The van der Waals surface area contributed by atoms with E-state index in [-0.39, 0.29) is 43.5 Å². The van der Waals surface area contributed by atoms with E-state index in [0.717, 1.165) is 13.0 Å². The SMILES string of the molecule is CC(OC(=O)N1CCC2(CC1)CN(Cc1c(N3CCC(F)CC3)cccc1C(F)(F)F)C2)C(F)(F)F. The first-order valence-electron chi connectivity index (χ1n) is 12.1. The molecule has 3 saturated heterocycles. The van der Waals surface area contributed by atoms with Gasteiger partial charge in [0.25, 0.3) is 0 Å². The lowest BCUT2D eigenvalue weighted by molar-refractivity contribution is -0.200. The second-order valence-electron chi connectivity index (χ2n) is 10.2. The third kappa shape index (κ3) is 5.84. The summed E-state index contributed by atoms with van der Waals surface area (Å²) in [5.41, 5.74) is -0.222. The van der Waals surface area contributed by atoms with Gasteiger partial charge in [-0.2, -0.15) is 26.3 Å². The molecular formula is C24H30F7N3O2. The van der Waals surface area contributed by atoms with Crippen LogP contribution in [0.1, 0.15) is 43.7 Å². The van der Waals surface area contributed by atoms with Crippen LogP contribution in [-0.4, -0.2) is 73.6 Å². The predicted molar refractivity (Wildman–Crippen MR) is 118 cm³/mol. The predicted octanol–water partition coefficient (Wildman–Crippen LogP) is 5.63. The molecule has 12 heteroatoms. The van der Waals surface area contributed by atoms with Crippen molar-refractivity contribution in [3.05, 3.63) is 29.3 Å². The second kappa shape index (κ2) is 9.90. The number of rotatable bonds is 4. The summed E-state index contributed by atoms with van der Waals surface area (Å²) in [7, 11) is 0. The second-order valence-corrected chi connectivity index (χ2v) is 10.2.